The number of pyridine rings is 1. The molecule has 1 unspecified atom stereocenters. The van der Waals surface area contributed by atoms with Crippen molar-refractivity contribution >= 4 is 16.6 Å². The molecule has 140 valence electrons. The molecule has 0 saturated heterocycles. The predicted octanol–water partition coefficient (Wildman–Crippen LogP) is 5.11. The lowest BCUT2D eigenvalue weighted by atomic mass is 9.96. The van der Waals surface area contributed by atoms with Crippen molar-refractivity contribution in [3.63, 3.8) is 0 Å². The molecule has 3 aromatic rings. The second kappa shape index (κ2) is 9.17. The quantitative estimate of drug-likeness (QED) is 0.345. The third-order valence-corrected chi connectivity index (χ3v) is 4.73. The number of ether oxygens (including phenoxy) is 1. The summed E-state index contributed by atoms with van der Waals surface area (Å²) in [6, 6.07) is 20.6. The SMILES string of the molecule is C/C(CC(C)CCc1cccc(OCc2ccc3ccccc3n2)c1)=N\N. The molecular weight excluding hydrogens is 334 g/mol. The fraction of sp³-hybridized carbons (Fsp3) is 0.304. The monoisotopic (exact) mass is 361 g/mol. The molecule has 0 amide bonds. The number of hydrazone groups is 1. The van der Waals surface area contributed by atoms with Crippen LogP contribution in [0.3, 0.4) is 0 Å². The molecule has 27 heavy (non-hydrogen) atoms. The second-order valence-corrected chi connectivity index (χ2v) is 7.14. The van der Waals surface area contributed by atoms with E-state index >= 15 is 0 Å². The van der Waals surface area contributed by atoms with Crippen LogP contribution in [-0.4, -0.2) is 10.7 Å². The van der Waals surface area contributed by atoms with Crippen molar-refractivity contribution in [2.75, 3.05) is 0 Å². The van der Waals surface area contributed by atoms with E-state index in [-0.39, 0.29) is 0 Å². The summed E-state index contributed by atoms with van der Waals surface area (Å²) >= 11 is 0. The molecule has 0 aliphatic rings. The van der Waals surface area contributed by atoms with Gasteiger partial charge >= 0.3 is 0 Å². The van der Waals surface area contributed by atoms with Gasteiger partial charge in [0.1, 0.15) is 12.4 Å². The Morgan fingerprint density at radius 3 is 2.81 bits per heavy atom. The molecular formula is C23H27N3O. The molecule has 0 saturated carbocycles. The minimum absolute atomic E-state index is 0.469. The van der Waals surface area contributed by atoms with Crippen LogP contribution in [0.15, 0.2) is 65.8 Å². The van der Waals surface area contributed by atoms with E-state index in [0.29, 0.717) is 12.5 Å². The molecule has 0 bridgehead atoms. The summed E-state index contributed by atoms with van der Waals surface area (Å²) in [6.45, 7) is 4.68. The first-order valence-corrected chi connectivity index (χ1v) is 9.44. The maximum Gasteiger partial charge on any atom is 0.130 e. The van der Waals surface area contributed by atoms with Gasteiger partial charge in [0.05, 0.1) is 11.2 Å². The third kappa shape index (κ3) is 5.55. The fourth-order valence-corrected chi connectivity index (χ4v) is 3.21. The number of rotatable bonds is 8. The normalized spacial score (nSPS) is 12.9. The number of nitrogens with two attached hydrogens (primary N) is 1. The first-order chi connectivity index (χ1) is 13.1. The van der Waals surface area contributed by atoms with Gasteiger partial charge < -0.3 is 10.6 Å². The van der Waals surface area contributed by atoms with Crippen LogP contribution in [0.2, 0.25) is 0 Å². The van der Waals surface area contributed by atoms with E-state index in [4.69, 9.17) is 10.6 Å². The summed E-state index contributed by atoms with van der Waals surface area (Å²) in [4.78, 5) is 4.66. The van der Waals surface area contributed by atoms with Crippen molar-refractivity contribution in [3.05, 3.63) is 71.9 Å². The molecule has 0 fully saturated rings. The van der Waals surface area contributed by atoms with E-state index in [9.17, 15) is 0 Å². The van der Waals surface area contributed by atoms with Gasteiger partial charge in [-0.05, 0) is 61.9 Å². The molecule has 2 N–H and O–H groups in total. The lowest BCUT2D eigenvalue weighted by Crippen LogP contribution is -2.05. The van der Waals surface area contributed by atoms with Crippen molar-refractivity contribution in [3.8, 4) is 5.75 Å². The lowest BCUT2D eigenvalue weighted by molar-refractivity contribution is 0.301. The maximum absolute atomic E-state index is 5.97. The molecule has 0 aliphatic heterocycles. The molecule has 1 atom stereocenters. The van der Waals surface area contributed by atoms with Crippen LogP contribution in [0.4, 0.5) is 0 Å². The van der Waals surface area contributed by atoms with Gasteiger partial charge in [-0.1, -0.05) is 43.3 Å². The average molecular weight is 361 g/mol. The largest absolute Gasteiger partial charge is 0.487 e. The first kappa shape index (κ1) is 18.9. The minimum Gasteiger partial charge on any atom is -0.487 e. The molecule has 4 nitrogen and oxygen atoms in total. The van der Waals surface area contributed by atoms with E-state index in [1.807, 2.05) is 37.3 Å². The number of hydrogen-bond donors (Lipinski definition) is 1. The van der Waals surface area contributed by atoms with Gasteiger partial charge in [-0.25, -0.2) is 4.98 Å². The maximum atomic E-state index is 5.97. The number of aromatic nitrogens is 1. The summed E-state index contributed by atoms with van der Waals surface area (Å²) in [5.41, 5.74) is 4.22. The van der Waals surface area contributed by atoms with Crippen LogP contribution in [0.25, 0.3) is 10.9 Å². The second-order valence-electron chi connectivity index (χ2n) is 7.14. The number of benzene rings is 2. The van der Waals surface area contributed by atoms with Gasteiger partial charge in [0, 0.05) is 11.1 Å². The molecule has 2 aromatic carbocycles. The van der Waals surface area contributed by atoms with Gasteiger partial charge in [-0.3, -0.25) is 0 Å². The number of para-hydroxylation sites is 1. The topological polar surface area (TPSA) is 60.5 Å². The van der Waals surface area contributed by atoms with Crippen LogP contribution in [0.5, 0.6) is 5.75 Å². The first-order valence-electron chi connectivity index (χ1n) is 9.44. The highest BCUT2D eigenvalue weighted by molar-refractivity contribution is 5.81. The summed E-state index contributed by atoms with van der Waals surface area (Å²) in [5, 5.41) is 4.91. The number of hydrogen-bond acceptors (Lipinski definition) is 4. The Balaban J connectivity index is 1.56. The Morgan fingerprint density at radius 2 is 1.96 bits per heavy atom. The minimum atomic E-state index is 0.469. The van der Waals surface area contributed by atoms with Gasteiger partial charge in [0.25, 0.3) is 0 Å². The van der Waals surface area contributed by atoms with Crippen LogP contribution in [-0.2, 0) is 13.0 Å². The molecule has 3 rings (SSSR count). The average Bonchev–Trinajstić information content (AvgIpc) is 2.71. The zero-order valence-corrected chi connectivity index (χ0v) is 16.1. The van der Waals surface area contributed by atoms with Crippen LogP contribution >= 0.6 is 0 Å². The Morgan fingerprint density at radius 1 is 1.11 bits per heavy atom. The van der Waals surface area contributed by atoms with E-state index in [1.54, 1.807) is 0 Å². The molecule has 1 aromatic heterocycles. The van der Waals surface area contributed by atoms with Gasteiger partial charge in [-0.15, -0.1) is 0 Å². The zero-order chi connectivity index (χ0) is 19.1. The van der Waals surface area contributed by atoms with E-state index in [1.165, 1.54) is 5.56 Å². The van der Waals surface area contributed by atoms with E-state index in [2.05, 4.69) is 47.3 Å². The highest BCUT2D eigenvalue weighted by atomic mass is 16.5. The Kier molecular flexibility index (Phi) is 6.42. The van der Waals surface area contributed by atoms with Gasteiger partial charge in [0.15, 0.2) is 0 Å². The highest BCUT2D eigenvalue weighted by Gasteiger charge is 2.06. The summed E-state index contributed by atoms with van der Waals surface area (Å²) < 4.78 is 5.97. The summed E-state index contributed by atoms with van der Waals surface area (Å²) in [6.07, 6.45) is 3.06. The molecule has 0 spiro atoms. The zero-order valence-electron chi connectivity index (χ0n) is 16.1. The smallest absolute Gasteiger partial charge is 0.130 e. The lowest BCUT2D eigenvalue weighted by Gasteiger charge is -2.12. The fourth-order valence-electron chi connectivity index (χ4n) is 3.21. The van der Waals surface area contributed by atoms with E-state index < -0.39 is 0 Å². The van der Waals surface area contributed by atoms with Crippen LogP contribution < -0.4 is 10.6 Å². The third-order valence-electron chi connectivity index (χ3n) is 4.73. The molecule has 1 heterocycles. The Bertz CT molecular complexity index is 920. The van der Waals surface area contributed by atoms with Crippen molar-refractivity contribution in [2.45, 2.75) is 39.7 Å². The van der Waals surface area contributed by atoms with Crippen molar-refractivity contribution < 1.29 is 4.74 Å². The molecule has 0 radical (unpaired) electrons. The Hall–Kier alpha value is -2.88. The highest BCUT2D eigenvalue weighted by Crippen LogP contribution is 2.19. The molecule has 4 heteroatoms. The Labute approximate surface area is 161 Å². The van der Waals surface area contributed by atoms with Gasteiger partial charge in [-0.2, -0.15) is 5.10 Å². The standard InChI is InChI=1S/C23H27N3O/c1-17(14-18(2)26-24)10-11-19-6-5-8-22(15-19)27-16-21-13-12-20-7-3-4-9-23(20)25-21/h3-9,12-13,15,17H,10-11,14,16,24H2,1-2H3/b26-18+. The van der Waals surface area contributed by atoms with Crippen molar-refractivity contribution in [1.29, 1.82) is 0 Å². The molecule has 0 aliphatic carbocycles. The number of aryl methyl sites for hydroxylation is 1. The van der Waals surface area contributed by atoms with Crippen LogP contribution in [0, 0.1) is 5.92 Å². The summed E-state index contributed by atoms with van der Waals surface area (Å²) in [7, 11) is 0. The van der Waals surface area contributed by atoms with Crippen molar-refractivity contribution in [1.82, 2.24) is 4.98 Å². The predicted molar refractivity (Wildman–Crippen MR) is 112 cm³/mol. The summed E-state index contributed by atoms with van der Waals surface area (Å²) in [5.74, 6) is 6.77. The van der Waals surface area contributed by atoms with Gasteiger partial charge in [0.2, 0.25) is 0 Å². The number of fused-ring (bicyclic) bond motifs is 1. The number of nitrogens with zero attached hydrogens (tertiary/aromatic N) is 2. The van der Waals surface area contributed by atoms with Crippen molar-refractivity contribution in [2.24, 2.45) is 16.9 Å². The van der Waals surface area contributed by atoms with E-state index in [0.717, 1.165) is 47.3 Å². The van der Waals surface area contributed by atoms with Crippen LogP contribution in [0.1, 0.15) is 37.9 Å².